The molecule has 3 heteroatoms. The predicted molar refractivity (Wildman–Crippen MR) is 92.9 cm³/mol. The Morgan fingerprint density at radius 2 is 1.91 bits per heavy atom. The summed E-state index contributed by atoms with van der Waals surface area (Å²) in [5.74, 6) is 3.00. The fourth-order valence-electron chi connectivity index (χ4n) is 3.39. The molecule has 1 heterocycles. The van der Waals surface area contributed by atoms with Gasteiger partial charge >= 0.3 is 0 Å². The SMILES string of the molecule is CSCc1oc(-c2ccccc2)cc1C(O)C1CCCCC1. The molecule has 0 amide bonds. The van der Waals surface area contributed by atoms with E-state index in [1.807, 2.05) is 18.2 Å². The van der Waals surface area contributed by atoms with Crippen LogP contribution in [-0.2, 0) is 5.75 Å². The minimum Gasteiger partial charge on any atom is -0.460 e. The zero-order valence-corrected chi connectivity index (χ0v) is 13.9. The molecule has 0 radical (unpaired) electrons. The van der Waals surface area contributed by atoms with Gasteiger partial charge in [0.15, 0.2) is 0 Å². The van der Waals surface area contributed by atoms with E-state index in [1.54, 1.807) is 11.8 Å². The fraction of sp³-hybridized carbons (Fsp3) is 0.474. The van der Waals surface area contributed by atoms with Crippen molar-refractivity contribution < 1.29 is 9.52 Å². The molecule has 1 N–H and O–H groups in total. The first kappa shape index (κ1) is 15.7. The Morgan fingerprint density at radius 1 is 1.18 bits per heavy atom. The van der Waals surface area contributed by atoms with Crippen LogP contribution in [0.25, 0.3) is 11.3 Å². The Kier molecular flexibility index (Phi) is 5.27. The van der Waals surface area contributed by atoms with Crippen LogP contribution in [-0.4, -0.2) is 11.4 Å². The van der Waals surface area contributed by atoms with Crippen LogP contribution in [0.5, 0.6) is 0 Å². The lowest BCUT2D eigenvalue weighted by molar-refractivity contribution is 0.0835. The van der Waals surface area contributed by atoms with E-state index in [-0.39, 0.29) is 6.10 Å². The van der Waals surface area contributed by atoms with Gasteiger partial charge in [0.05, 0.1) is 11.9 Å². The number of benzene rings is 1. The Balaban J connectivity index is 1.90. The second-order valence-electron chi connectivity index (χ2n) is 6.13. The first-order valence-corrected chi connectivity index (χ1v) is 9.54. The summed E-state index contributed by atoms with van der Waals surface area (Å²) in [6, 6.07) is 12.2. The van der Waals surface area contributed by atoms with E-state index >= 15 is 0 Å². The second-order valence-corrected chi connectivity index (χ2v) is 7.00. The van der Waals surface area contributed by atoms with E-state index in [0.29, 0.717) is 5.92 Å². The van der Waals surface area contributed by atoms with Crippen molar-refractivity contribution in [3.8, 4) is 11.3 Å². The highest BCUT2D eigenvalue weighted by Crippen LogP contribution is 2.39. The van der Waals surface area contributed by atoms with Crippen LogP contribution in [0.1, 0.15) is 49.5 Å². The van der Waals surface area contributed by atoms with Crippen molar-refractivity contribution in [2.45, 2.75) is 44.0 Å². The number of thioether (sulfide) groups is 1. The van der Waals surface area contributed by atoms with E-state index in [2.05, 4.69) is 24.5 Å². The molecule has 1 fully saturated rings. The summed E-state index contributed by atoms with van der Waals surface area (Å²) in [7, 11) is 0. The van der Waals surface area contributed by atoms with Gasteiger partial charge in [-0.25, -0.2) is 0 Å². The first-order valence-electron chi connectivity index (χ1n) is 8.14. The highest BCUT2D eigenvalue weighted by Gasteiger charge is 2.27. The maximum Gasteiger partial charge on any atom is 0.134 e. The number of rotatable bonds is 5. The molecule has 1 aliphatic rings. The lowest BCUT2D eigenvalue weighted by Gasteiger charge is -2.26. The summed E-state index contributed by atoms with van der Waals surface area (Å²) < 4.78 is 6.07. The zero-order valence-electron chi connectivity index (χ0n) is 13.1. The van der Waals surface area contributed by atoms with Crippen LogP contribution in [0, 0.1) is 5.92 Å². The Morgan fingerprint density at radius 3 is 2.59 bits per heavy atom. The Labute approximate surface area is 136 Å². The summed E-state index contributed by atoms with van der Waals surface area (Å²) in [4.78, 5) is 0. The molecule has 2 aromatic rings. The summed E-state index contributed by atoms with van der Waals surface area (Å²) in [5.41, 5.74) is 2.08. The molecule has 1 unspecified atom stereocenters. The molecule has 1 aromatic heterocycles. The molecule has 1 aliphatic carbocycles. The maximum absolute atomic E-state index is 10.8. The summed E-state index contributed by atoms with van der Waals surface area (Å²) in [5, 5.41) is 10.8. The minimum absolute atomic E-state index is 0.385. The topological polar surface area (TPSA) is 33.4 Å². The third-order valence-electron chi connectivity index (χ3n) is 4.59. The van der Waals surface area contributed by atoms with E-state index in [4.69, 9.17) is 4.42 Å². The van der Waals surface area contributed by atoms with Crippen LogP contribution < -0.4 is 0 Å². The van der Waals surface area contributed by atoms with Gasteiger partial charge in [-0.2, -0.15) is 11.8 Å². The van der Waals surface area contributed by atoms with Crippen LogP contribution in [0.3, 0.4) is 0 Å². The number of furan rings is 1. The van der Waals surface area contributed by atoms with Crippen molar-refractivity contribution in [3.63, 3.8) is 0 Å². The van der Waals surface area contributed by atoms with Crippen LogP contribution in [0.4, 0.5) is 0 Å². The second kappa shape index (κ2) is 7.38. The van der Waals surface area contributed by atoms with E-state index < -0.39 is 0 Å². The normalized spacial score (nSPS) is 17.5. The Hall–Kier alpha value is -1.19. The number of hydrogen-bond acceptors (Lipinski definition) is 3. The third-order valence-corrected chi connectivity index (χ3v) is 5.14. The number of hydrogen-bond donors (Lipinski definition) is 1. The van der Waals surface area contributed by atoms with Gasteiger partial charge in [0, 0.05) is 11.1 Å². The van der Waals surface area contributed by atoms with Gasteiger partial charge in [0.2, 0.25) is 0 Å². The minimum atomic E-state index is -0.385. The van der Waals surface area contributed by atoms with Gasteiger partial charge in [0.1, 0.15) is 11.5 Å². The molecule has 1 atom stereocenters. The molecular formula is C19H24O2S. The van der Waals surface area contributed by atoms with Crippen molar-refractivity contribution in [1.29, 1.82) is 0 Å². The molecule has 3 rings (SSSR count). The third kappa shape index (κ3) is 3.41. The average Bonchev–Trinajstić information content (AvgIpc) is 3.00. The highest BCUT2D eigenvalue weighted by atomic mass is 32.2. The fourth-order valence-corrected chi connectivity index (χ4v) is 3.87. The Bertz CT molecular complexity index is 585. The van der Waals surface area contributed by atoms with Crippen molar-refractivity contribution in [2.24, 2.45) is 5.92 Å². The van der Waals surface area contributed by atoms with Gasteiger partial charge in [-0.3, -0.25) is 0 Å². The lowest BCUT2D eigenvalue weighted by Crippen LogP contribution is -2.16. The number of aliphatic hydroxyl groups excluding tert-OH is 1. The van der Waals surface area contributed by atoms with E-state index in [0.717, 1.165) is 41.2 Å². The van der Waals surface area contributed by atoms with E-state index in [1.165, 1.54) is 19.3 Å². The summed E-state index contributed by atoms with van der Waals surface area (Å²) in [6.45, 7) is 0. The summed E-state index contributed by atoms with van der Waals surface area (Å²) in [6.07, 6.45) is 7.73. The molecule has 0 bridgehead atoms. The van der Waals surface area contributed by atoms with Crippen LogP contribution in [0.2, 0.25) is 0 Å². The van der Waals surface area contributed by atoms with Crippen LogP contribution >= 0.6 is 11.8 Å². The molecule has 118 valence electrons. The molecular weight excluding hydrogens is 292 g/mol. The summed E-state index contributed by atoms with van der Waals surface area (Å²) >= 11 is 1.74. The van der Waals surface area contributed by atoms with Crippen molar-refractivity contribution in [2.75, 3.05) is 6.26 Å². The maximum atomic E-state index is 10.8. The van der Waals surface area contributed by atoms with Crippen LogP contribution in [0.15, 0.2) is 40.8 Å². The molecule has 2 nitrogen and oxygen atoms in total. The lowest BCUT2D eigenvalue weighted by atomic mass is 9.83. The molecule has 0 aliphatic heterocycles. The van der Waals surface area contributed by atoms with Gasteiger partial charge < -0.3 is 9.52 Å². The molecule has 1 saturated carbocycles. The van der Waals surface area contributed by atoms with Gasteiger partial charge in [0.25, 0.3) is 0 Å². The molecule has 0 saturated heterocycles. The smallest absolute Gasteiger partial charge is 0.134 e. The monoisotopic (exact) mass is 316 g/mol. The number of aliphatic hydroxyl groups is 1. The first-order chi connectivity index (χ1) is 10.8. The van der Waals surface area contributed by atoms with E-state index in [9.17, 15) is 5.11 Å². The molecule has 0 spiro atoms. The zero-order chi connectivity index (χ0) is 15.4. The van der Waals surface area contributed by atoms with Crippen molar-refractivity contribution in [1.82, 2.24) is 0 Å². The van der Waals surface area contributed by atoms with Gasteiger partial charge in [-0.15, -0.1) is 0 Å². The van der Waals surface area contributed by atoms with Gasteiger partial charge in [-0.05, 0) is 31.1 Å². The quantitative estimate of drug-likeness (QED) is 0.799. The standard InChI is InChI=1S/C19H24O2S/c1-22-13-18-16(19(20)15-10-6-3-7-11-15)12-17(21-18)14-8-4-2-5-9-14/h2,4-5,8-9,12,15,19-20H,3,6-7,10-11,13H2,1H3. The average molecular weight is 316 g/mol. The predicted octanol–water partition coefficient (Wildman–Crippen LogP) is 5.42. The molecule has 1 aromatic carbocycles. The van der Waals surface area contributed by atoms with Crippen molar-refractivity contribution >= 4 is 11.8 Å². The largest absolute Gasteiger partial charge is 0.460 e. The van der Waals surface area contributed by atoms with Crippen molar-refractivity contribution in [3.05, 3.63) is 47.7 Å². The molecule has 22 heavy (non-hydrogen) atoms. The highest BCUT2D eigenvalue weighted by molar-refractivity contribution is 7.97. The van der Waals surface area contributed by atoms with Gasteiger partial charge in [-0.1, -0.05) is 49.6 Å².